The number of furan rings is 1. The second-order valence-corrected chi connectivity index (χ2v) is 6.61. The van der Waals surface area contributed by atoms with E-state index in [-0.39, 0.29) is 11.3 Å². The molecule has 2 heterocycles. The van der Waals surface area contributed by atoms with Crippen LogP contribution in [0, 0.1) is 6.92 Å². The molecular formula is C18H21NO4S. The smallest absolute Gasteiger partial charge is 0.234 e. The summed E-state index contributed by atoms with van der Waals surface area (Å²) < 4.78 is 16.6. The highest BCUT2D eigenvalue weighted by Gasteiger charge is 2.33. The van der Waals surface area contributed by atoms with Crippen LogP contribution in [-0.2, 0) is 11.3 Å². The number of thioether (sulfide) groups is 1. The number of ether oxygens (including phenoxy) is 2. The van der Waals surface area contributed by atoms with E-state index in [0.717, 1.165) is 17.1 Å². The van der Waals surface area contributed by atoms with Gasteiger partial charge >= 0.3 is 0 Å². The van der Waals surface area contributed by atoms with Crippen LogP contribution in [0.4, 0.5) is 0 Å². The molecule has 0 spiro atoms. The standard InChI is InChI=1S/C18H21NO4S/c1-4-22-16-9-13(6-8-15(16)21-3)18-19(17(20)11-24-18)10-14-7-5-12(2)23-14/h5-9,18H,4,10-11H2,1-3H3. The van der Waals surface area contributed by atoms with Crippen LogP contribution in [0.1, 0.15) is 29.4 Å². The van der Waals surface area contributed by atoms with E-state index in [4.69, 9.17) is 13.9 Å². The maximum absolute atomic E-state index is 12.3. The molecule has 6 heteroatoms. The predicted octanol–water partition coefficient (Wildman–Crippen LogP) is 3.77. The fourth-order valence-electron chi connectivity index (χ4n) is 2.75. The Morgan fingerprint density at radius 2 is 2.12 bits per heavy atom. The van der Waals surface area contributed by atoms with Crippen molar-refractivity contribution < 1.29 is 18.7 Å². The average molecular weight is 347 g/mol. The summed E-state index contributed by atoms with van der Waals surface area (Å²) >= 11 is 1.62. The summed E-state index contributed by atoms with van der Waals surface area (Å²) in [6.07, 6.45) is 0. The Morgan fingerprint density at radius 3 is 2.79 bits per heavy atom. The van der Waals surface area contributed by atoms with Gasteiger partial charge in [0.25, 0.3) is 0 Å². The first-order valence-corrected chi connectivity index (χ1v) is 8.94. The molecule has 1 unspecified atom stereocenters. The first-order valence-electron chi connectivity index (χ1n) is 7.89. The van der Waals surface area contributed by atoms with Crippen LogP contribution in [-0.4, -0.2) is 30.3 Å². The molecule has 1 atom stereocenters. The lowest BCUT2D eigenvalue weighted by molar-refractivity contribution is -0.128. The maximum Gasteiger partial charge on any atom is 0.234 e. The van der Waals surface area contributed by atoms with Crippen molar-refractivity contribution in [3.63, 3.8) is 0 Å². The van der Waals surface area contributed by atoms with Gasteiger partial charge in [-0.05, 0) is 43.7 Å². The molecule has 1 saturated heterocycles. The van der Waals surface area contributed by atoms with E-state index in [1.807, 2.05) is 49.1 Å². The van der Waals surface area contributed by atoms with Crippen LogP contribution in [0.3, 0.4) is 0 Å². The van der Waals surface area contributed by atoms with Crippen LogP contribution in [0.5, 0.6) is 11.5 Å². The molecule has 5 nitrogen and oxygen atoms in total. The van der Waals surface area contributed by atoms with Crippen molar-refractivity contribution in [1.82, 2.24) is 4.90 Å². The second-order valence-electron chi connectivity index (χ2n) is 5.54. The first-order chi connectivity index (χ1) is 11.6. The molecule has 1 aliphatic rings. The normalized spacial score (nSPS) is 17.4. The number of hydrogen-bond donors (Lipinski definition) is 0. The van der Waals surface area contributed by atoms with Gasteiger partial charge in [-0.3, -0.25) is 4.79 Å². The minimum Gasteiger partial charge on any atom is -0.493 e. The highest BCUT2D eigenvalue weighted by molar-refractivity contribution is 8.00. The van der Waals surface area contributed by atoms with Crippen LogP contribution in [0.2, 0.25) is 0 Å². The molecular weight excluding hydrogens is 326 g/mol. The van der Waals surface area contributed by atoms with Crippen molar-refractivity contribution in [2.24, 2.45) is 0 Å². The Balaban J connectivity index is 1.86. The van der Waals surface area contributed by atoms with E-state index in [9.17, 15) is 4.79 Å². The predicted molar refractivity (Wildman–Crippen MR) is 93.4 cm³/mol. The maximum atomic E-state index is 12.3. The van der Waals surface area contributed by atoms with Crippen molar-refractivity contribution in [2.45, 2.75) is 25.8 Å². The summed E-state index contributed by atoms with van der Waals surface area (Å²) in [5.74, 6) is 3.64. The Labute approximate surface area is 145 Å². The van der Waals surface area contributed by atoms with E-state index in [1.54, 1.807) is 18.9 Å². The summed E-state index contributed by atoms with van der Waals surface area (Å²) in [7, 11) is 1.62. The Morgan fingerprint density at radius 1 is 1.29 bits per heavy atom. The zero-order valence-electron chi connectivity index (χ0n) is 14.1. The lowest BCUT2D eigenvalue weighted by Crippen LogP contribution is -2.27. The molecule has 1 fully saturated rings. The van der Waals surface area contributed by atoms with Gasteiger partial charge in [-0.2, -0.15) is 0 Å². The van der Waals surface area contributed by atoms with Crippen molar-refractivity contribution in [3.05, 3.63) is 47.4 Å². The second kappa shape index (κ2) is 7.21. The molecule has 0 N–H and O–H groups in total. The van der Waals surface area contributed by atoms with Crippen molar-refractivity contribution in [3.8, 4) is 11.5 Å². The minimum absolute atomic E-state index is 0.0481. The molecule has 128 valence electrons. The largest absolute Gasteiger partial charge is 0.493 e. The highest BCUT2D eigenvalue weighted by atomic mass is 32.2. The summed E-state index contributed by atoms with van der Waals surface area (Å²) in [6, 6.07) is 9.66. The number of carbonyl (C=O) groups excluding carboxylic acids is 1. The molecule has 0 saturated carbocycles. The number of aryl methyl sites for hydroxylation is 1. The number of methoxy groups -OCH3 is 1. The quantitative estimate of drug-likeness (QED) is 0.796. The monoisotopic (exact) mass is 347 g/mol. The number of carbonyl (C=O) groups is 1. The van der Waals surface area contributed by atoms with Gasteiger partial charge in [-0.25, -0.2) is 0 Å². The van der Waals surface area contributed by atoms with Crippen LogP contribution < -0.4 is 9.47 Å². The van der Waals surface area contributed by atoms with Gasteiger partial charge in [0.2, 0.25) is 5.91 Å². The SMILES string of the molecule is CCOc1cc(C2SCC(=O)N2Cc2ccc(C)o2)ccc1OC. The van der Waals surface area contributed by atoms with Gasteiger partial charge in [0, 0.05) is 0 Å². The summed E-state index contributed by atoms with van der Waals surface area (Å²) in [4.78, 5) is 14.2. The van der Waals surface area contributed by atoms with E-state index >= 15 is 0 Å². The summed E-state index contributed by atoms with van der Waals surface area (Å²) in [5, 5.41) is -0.0481. The summed E-state index contributed by atoms with van der Waals surface area (Å²) in [6.45, 7) is 4.87. The number of nitrogens with zero attached hydrogens (tertiary/aromatic N) is 1. The van der Waals surface area contributed by atoms with Crippen molar-refractivity contribution >= 4 is 17.7 Å². The molecule has 0 bridgehead atoms. The van der Waals surface area contributed by atoms with E-state index in [2.05, 4.69) is 0 Å². The number of benzene rings is 1. The van der Waals surface area contributed by atoms with Crippen LogP contribution in [0.15, 0.2) is 34.7 Å². The molecule has 1 aromatic heterocycles. The number of hydrogen-bond acceptors (Lipinski definition) is 5. The van der Waals surface area contributed by atoms with Gasteiger partial charge in [0.15, 0.2) is 11.5 Å². The van der Waals surface area contributed by atoms with Crippen molar-refractivity contribution in [2.75, 3.05) is 19.5 Å². The van der Waals surface area contributed by atoms with E-state index in [0.29, 0.717) is 30.4 Å². The molecule has 24 heavy (non-hydrogen) atoms. The zero-order valence-corrected chi connectivity index (χ0v) is 14.9. The molecule has 1 amide bonds. The van der Waals surface area contributed by atoms with Crippen molar-refractivity contribution in [1.29, 1.82) is 0 Å². The Bertz CT molecular complexity index is 728. The van der Waals surface area contributed by atoms with Gasteiger partial charge in [0.1, 0.15) is 16.9 Å². The molecule has 2 aromatic rings. The Hall–Kier alpha value is -2.08. The van der Waals surface area contributed by atoms with Crippen LogP contribution >= 0.6 is 11.8 Å². The molecule has 0 aliphatic carbocycles. The van der Waals surface area contributed by atoms with Crippen LogP contribution in [0.25, 0.3) is 0 Å². The topological polar surface area (TPSA) is 51.9 Å². The fourth-order valence-corrected chi connectivity index (χ4v) is 3.93. The lowest BCUT2D eigenvalue weighted by atomic mass is 10.1. The Kier molecular flexibility index (Phi) is 5.04. The van der Waals surface area contributed by atoms with Gasteiger partial charge in [-0.15, -0.1) is 11.8 Å². The molecule has 1 aliphatic heterocycles. The molecule has 3 rings (SSSR count). The summed E-state index contributed by atoms with van der Waals surface area (Å²) in [5.41, 5.74) is 1.03. The van der Waals surface area contributed by atoms with E-state index in [1.165, 1.54) is 0 Å². The minimum atomic E-state index is -0.0481. The number of rotatable bonds is 6. The number of amides is 1. The third kappa shape index (κ3) is 3.38. The van der Waals surface area contributed by atoms with Gasteiger partial charge in [-0.1, -0.05) is 6.07 Å². The van der Waals surface area contributed by atoms with Gasteiger partial charge in [0.05, 0.1) is 26.0 Å². The van der Waals surface area contributed by atoms with Gasteiger partial charge < -0.3 is 18.8 Å². The lowest BCUT2D eigenvalue weighted by Gasteiger charge is -2.24. The molecule has 1 aromatic carbocycles. The average Bonchev–Trinajstić information content (AvgIpc) is 3.15. The molecule has 0 radical (unpaired) electrons. The van der Waals surface area contributed by atoms with E-state index < -0.39 is 0 Å². The third-order valence-corrected chi connectivity index (χ3v) is 5.12. The fraction of sp³-hybridized carbons (Fsp3) is 0.389. The highest BCUT2D eigenvalue weighted by Crippen LogP contribution is 2.42. The zero-order chi connectivity index (χ0) is 17.1. The third-order valence-electron chi connectivity index (χ3n) is 3.86. The first kappa shape index (κ1) is 16.8.